The number of likely N-dealkylation sites (N-methyl/N-ethyl adjacent to an activating group) is 2. The van der Waals surface area contributed by atoms with Crippen LogP contribution in [0.15, 0.2) is 173 Å². The molecule has 16 aromatic rings. The molecular weight excluding hydrogens is 1530 g/mol. The van der Waals surface area contributed by atoms with E-state index in [0.29, 0.717) is 63.4 Å². The van der Waals surface area contributed by atoms with Gasteiger partial charge in [-0.3, -0.25) is 37.5 Å². The number of hydrogen-bond acceptors (Lipinski definition) is 24. The van der Waals surface area contributed by atoms with Gasteiger partial charge < -0.3 is 42.1 Å². The molecule has 0 aliphatic rings. The molecule has 16 aromatic heterocycles. The van der Waals surface area contributed by atoms with Gasteiger partial charge in [0.25, 0.3) is 0 Å². The van der Waals surface area contributed by atoms with Gasteiger partial charge in [0.1, 0.15) is 0 Å². The Morgan fingerprint density at radius 2 is 0.628 bits per heavy atom. The summed E-state index contributed by atoms with van der Waals surface area (Å²) in [5, 5.41) is 96.5. The molecule has 0 aromatic carbocycles. The summed E-state index contributed by atoms with van der Waals surface area (Å²) in [4.78, 5) is 21.6. The quantitative estimate of drug-likeness (QED) is 0.0197. The number of nitrogens with zero attached hydrogens (tertiary/aromatic N) is 29. The first-order valence-electron chi connectivity index (χ1n) is 41.7. The number of nitrogens with one attached hydrogen (secondary N) is 1. The van der Waals surface area contributed by atoms with E-state index in [2.05, 4.69) is 147 Å². The van der Waals surface area contributed by atoms with Crippen LogP contribution in [0.25, 0.3) is 112 Å². The lowest BCUT2D eigenvalue weighted by Crippen LogP contribution is -2.45. The minimum Gasteiger partial charge on any atom is -0.390 e. The number of nitrogens with two attached hydrogens (primary N) is 2. The van der Waals surface area contributed by atoms with Crippen molar-refractivity contribution in [2.24, 2.45) is 11.5 Å². The van der Waals surface area contributed by atoms with Gasteiger partial charge in [-0.15, -0.1) is 0 Å². The maximum Gasteiger partial charge on any atom is 0.0999 e. The Labute approximate surface area is 702 Å². The summed E-state index contributed by atoms with van der Waals surface area (Å²) in [7, 11) is 5.69. The van der Waals surface area contributed by atoms with Gasteiger partial charge in [-0.05, 0) is 111 Å². The number of aromatic nitrogens is 28. The van der Waals surface area contributed by atoms with Gasteiger partial charge in [-0.2, -0.15) is 61.2 Å². The Bertz CT molecular complexity index is 5930. The molecule has 638 valence electrons. The van der Waals surface area contributed by atoms with Crippen LogP contribution in [-0.4, -0.2) is 233 Å². The molecule has 36 heteroatoms. The van der Waals surface area contributed by atoms with Crippen molar-refractivity contribution in [1.82, 2.24) is 147 Å². The molecule has 9 N–H and O–H groups in total. The fraction of sp³-hybridized carbons (Fsp3) is 0.435. The van der Waals surface area contributed by atoms with Crippen molar-refractivity contribution in [3.8, 4) is 90.1 Å². The van der Waals surface area contributed by atoms with Gasteiger partial charge in [-0.1, -0.05) is 55.4 Å². The van der Waals surface area contributed by atoms with Crippen molar-refractivity contribution in [2.75, 3.05) is 40.8 Å². The highest BCUT2D eigenvalue weighted by molar-refractivity contribution is 5.81. The molecular formula is C85H114N32O4. The van der Waals surface area contributed by atoms with Crippen LogP contribution in [0.1, 0.15) is 145 Å². The number of aliphatic hydroxyl groups excluding tert-OH is 3. The standard InChI is InChI=1S/2C22H30N8O.C21H28N8O.C20H26N8O/c1-5-18(6-2)29-12-17(10-25-29)22-21-7-8-23-30(21)15-20(26-22)16-9-24-28(11-16)14-19(31)13-27(3)4;1-5-17(6-2)29-12-16(10-26-29)21-19-7-8-24-30(19)13-18(27-21)15-9-25-28(11-15)14-20(23)22(3,4)31;1-4-17(5-2)28-12-16(9-25-28)21-20-6-7-23-29(20)14-19(26-21)15-8-24-27(11-15)13-18(30)10-22-3;1-3-16(4-2)27-11-15(9-24-27)20-19-5-6-22-28(19)13-18(25-20)14-8-23-26(10-14)12-17(29)7-21/h7-12,15,18-19,31H,5-6,13-14H2,1-4H3;7-13,17,20,31H,5-6,14,23H2,1-4H3;6-9,11-12,14,17-18,22,30H,4-5,10,13H2,1-3H3;5-6,8-11,13,16-17,29H,3-4,7,12,21H2,1-2H3/t19-;20-;18-;/m101./s1. The van der Waals surface area contributed by atoms with Crippen molar-refractivity contribution in [3.63, 3.8) is 0 Å². The van der Waals surface area contributed by atoms with E-state index in [1.807, 2.05) is 161 Å². The fourth-order valence-corrected chi connectivity index (χ4v) is 14.7. The third-order valence-corrected chi connectivity index (χ3v) is 21.8. The van der Waals surface area contributed by atoms with Crippen LogP contribution in [0.4, 0.5) is 0 Å². The highest BCUT2D eigenvalue weighted by Gasteiger charge is 2.26. The summed E-state index contributed by atoms with van der Waals surface area (Å²) in [5.41, 5.74) is 28.0. The monoisotopic (exact) mass is 1650 g/mol. The molecule has 1 unspecified atom stereocenters. The predicted molar refractivity (Wildman–Crippen MR) is 464 cm³/mol. The lowest BCUT2D eigenvalue weighted by atomic mass is 10.0. The fourth-order valence-electron chi connectivity index (χ4n) is 14.7. The minimum atomic E-state index is -0.986. The first-order valence-corrected chi connectivity index (χ1v) is 41.7. The molecule has 0 amide bonds. The second-order valence-corrected chi connectivity index (χ2v) is 31.3. The van der Waals surface area contributed by atoms with E-state index in [-0.39, 0.29) is 6.54 Å². The van der Waals surface area contributed by atoms with E-state index in [1.54, 1.807) is 82.1 Å². The third kappa shape index (κ3) is 20.5. The highest BCUT2D eigenvalue weighted by atomic mass is 16.3. The minimum absolute atomic E-state index is 0.192. The molecule has 0 bridgehead atoms. The first kappa shape index (κ1) is 86.7. The van der Waals surface area contributed by atoms with E-state index in [4.69, 9.17) is 31.4 Å². The molecule has 0 radical (unpaired) electrons. The van der Waals surface area contributed by atoms with Crippen molar-refractivity contribution in [1.29, 1.82) is 0 Å². The SMILES string of the molecule is CCC(CC)n1cc(-c2nc(-c3cnn(CC(O)CN)c3)cn3nccc23)cn1.CCC(CC)n1cc(-c2nc(-c3cnn(C[C@H](N)C(C)(C)O)c3)cn3nccc23)cn1.CCC(CC)n1cc(-c2nc(-c3cnn(C[C@H](O)CN(C)C)c3)cn3nccc23)cn1.CCC(CC)n1cc(-c2nc(-c3cnn(C[C@H](O)CNC)c3)cn3nccc23)cn1. The smallest absolute Gasteiger partial charge is 0.0999 e. The van der Waals surface area contributed by atoms with Crippen molar-refractivity contribution < 1.29 is 20.4 Å². The number of rotatable bonds is 34. The first-order chi connectivity index (χ1) is 58.5. The van der Waals surface area contributed by atoms with Gasteiger partial charge >= 0.3 is 0 Å². The van der Waals surface area contributed by atoms with Gasteiger partial charge in [0.05, 0.1) is 247 Å². The second kappa shape index (κ2) is 39.4. The molecule has 36 nitrogen and oxygen atoms in total. The Kier molecular flexibility index (Phi) is 28.2. The van der Waals surface area contributed by atoms with E-state index in [9.17, 15) is 20.4 Å². The van der Waals surface area contributed by atoms with Crippen LogP contribution in [0.5, 0.6) is 0 Å². The van der Waals surface area contributed by atoms with E-state index in [0.717, 1.165) is 163 Å². The zero-order valence-electron chi connectivity index (χ0n) is 71.3. The Hall–Kier alpha value is -12.2. The largest absolute Gasteiger partial charge is 0.390 e. The second-order valence-electron chi connectivity index (χ2n) is 31.3. The molecule has 0 saturated heterocycles. The normalized spacial score (nSPS) is 13.0. The summed E-state index contributed by atoms with van der Waals surface area (Å²) in [6.07, 6.45) is 51.6. The van der Waals surface area contributed by atoms with Crippen LogP contribution >= 0.6 is 0 Å². The molecule has 121 heavy (non-hydrogen) atoms. The lowest BCUT2D eigenvalue weighted by molar-refractivity contribution is 0.0448. The van der Waals surface area contributed by atoms with Crippen LogP contribution < -0.4 is 16.8 Å². The summed E-state index contributed by atoms with van der Waals surface area (Å²) >= 11 is 0. The molecule has 4 atom stereocenters. The highest BCUT2D eigenvalue weighted by Crippen LogP contribution is 2.34. The number of fused-ring (bicyclic) bond motifs is 4. The Morgan fingerprint density at radius 1 is 0.364 bits per heavy atom. The maximum atomic E-state index is 10.2. The lowest BCUT2D eigenvalue weighted by Gasteiger charge is -2.25. The average molecular weight is 1650 g/mol. The summed E-state index contributed by atoms with van der Waals surface area (Å²) in [6, 6.07) is 8.88. The Morgan fingerprint density at radius 3 is 0.884 bits per heavy atom. The zero-order valence-corrected chi connectivity index (χ0v) is 71.3. The van der Waals surface area contributed by atoms with Gasteiger partial charge in [-0.25, -0.2) is 38.0 Å². The van der Waals surface area contributed by atoms with Crippen molar-refractivity contribution >= 4 is 22.1 Å². The Balaban J connectivity index is 0.000000139. The van der Waals surface area contributed by atoms with Crippen LogP contribution in [0, 0.1) is 0 Å². The molecule has 16 heterocycles. The van der Waals surface area contributed by atoms with Crippen LogP contribution in [-0.2, 0) is 26.2 Å². The zero-order chi connectivity index (χ0) is 85.6. The van der Waals surface area contributed by atoms with Crippen molar-refractivity contribution in [2.45, 2.75) is 201 Å². The molecule has 0 saturated carbocycles. The number of hydrogen-bond donors (Lipinski definition) is 7. The van der Waals surface area contributed by atoms with E-state index < -0.39 is 30.0 Å². The van der Waals surface area contributed by atoms with Crippen molar-refractivity contribution in [3.05, 3.63) is 173 Å². The van der Waals surface area contributed by atoms with Gasteiger partial charge in [0, 0.05) is 114 Å². The topological polar surface area (TPSA) is 412 Å². The molecule has 0 spiro atoms. The predicted octanol–water partition coefficient (Wildman–Crippen LogP) is 10.2. The van der Waals surface area contributed by atoms with Crippen LogP contribution in [0.2, 0.25) is 0 Å². The maximum absolute atomic E-state index is 10.2. The number of aliphatic hydroxyl groups is 4. The van der Waals surface area contributed by atoms with Gasteiger partial charge in [0.15, 0.2) is 0 Å². The van der Waals surface area contributed by atoms with Gasteiger partial charge in [0.2, 0.25) is 0 Å². The summed E-state index contributed by atoms with van der Waals surface area (Å²) in [6.45, 7) is 23.7. The van der Waals surface area contributed by atoms with E-state index in [1.165, 1.54) is 0 Å². The molecule has 16 rings (SSSR count). The van der Waals surface area contributed by atoms with Crippen LogP contribution in [0.3, 0.4) is 0 Å². The molecule has 0 aliphatic heterocycles. The molecule has 0 aliphatic carbocycles. The third-order valence-electron chi connectivity index (χ3n) is 21.8. The molecule has 0 fully saturated rings. The summed E-state index contributed by atoms with van der Waals surface area (Å²) < 4.78 is 22.3. The average Bonchev–Trinajstić information content (AvgIpc) is 1.66. The summed E-state index contributed by atoms with van der Waals surface area (Å²) in [5.74, 6) is 0. The van der Waals surface area contributed by atoms with E-state index >= 15 is 0 Å².